The van der Waals surface area contributed by atoms with Crippen molar-refractivity contribution in [2.24, 2.45) is 11.3 Å². The van der Waals surface area contributed by atoms with Gasteiger partial charge in [0.25, 0.3) is 0 Å². The predicted molar refractivity (Wildman–Crippen MR) is 75.5 cm³/mol. The van der Waals surface area contributed by atoms with Crippen molar-refractivity contribution < 1.29 is 0 Å². The van der Waals surface area contributed by atoms with E-state index in [-0.39, 0.29) is 5.41 Å². The van der Waals surface area contributed by atoms with E-state index >= 15 is 0 Å². The fourth-order valence-electron chi connectivity index (χ4n) is 1.45. The van der Waals surface area contributed by atoms with Crippen LogP contribution < -0.4 is 0 Å². The molecule has 0 radical (unpaired) electrons. The molecular formula is C16H25N. The first-order valence-electron chi connectivity index (χ1n) is 6.25. The van der Waals surface area contributed by atoms with Gasteiger partial charge in [0.1, 0.15) is 0 Å². The maximum atomic E-state index is 8.93. The Morgan fingerprint density at radius 1 is 1.35 bits per heavy atom. The second-order valence-electron chi connectivity index (χ2n) is 5.43. The third-order valence-electron chi connectivity index (χ3n) is 2.89. The van der Waals surface area contributed by atoms with Gasteiger partial charge in [0.05, 0.1) is 11.5 Å². The first kappa shape index (κ1) is 15.7. The molecule has 94 valence electrons. The summed E-state index contributed by atoms with van der Waals surface area (Å²) in [5.74, 6) is 0.541. The minimum atomic E-state index is -0.252. The fraction of sp³-hybridized carbons (Fsp3) is 0.562. The number of allylic oxidation sites excluding steroid dienone is 5. The van der Waals surface area contributed by atoms with E-state index in [2.05, 4.69) is 51.6 Å². The predicted octanol–water partition coefficient (Wildman–Crippen LogP) is 5.03. The van der Waals surface area contributed by atoms with Crippen LogP contribution in [0.3, 0.4) is 0 Å². The largest absolute Gasteiger partial charge is 0.198 e. The van der Waals surface area contributed by atoms with Crippen molar-refractivity contribution in [2.75, 3.05) is 0 Å². The molecule has 0 aliphatic rings. The Bertz CT molecular complexity index is 348. The van der Waals surface area contributed by atoms with Crippen LogP contribution in [0.4, 0.5) is 0 Å². The van der Waals surface area contributed by atoms with E-state index in [1.165, 1.54) is 5.57 Å². The summed E-state index contributed by atoms with van der Waals surface area (Å²) < 4.78 is 0. The SMILES string of the molecule is C=C(/C=C\C(=C/C)C(C)C)CCC(C)(C)C#N. The van der Waals surface area contributed by atoms with Gasteiger partial charge in [-0.05, 0) is 45.1 Å². The molecule has 0 saturated heterocycles. The van der Waals surface area contributed by atoms with Crippen LogP contribution in [-0.4, -0.2) is 0 Å². The van der Waals surface area contributed by atoms with Gasteiger partial charge < -0.3 is 0 Å². The van der Waals surface area contributed by atoms with Crippen molar-refractivity contribution >= 4 is 0 Å². The quantitative estimate of drug-likeness (QED) is 0.588. The molecule has 0 bridgehead atoms. The maximum absolute atomic E-state index is 8.93. The van der Waals surface area contributed by atoms with Crippen molar-refractivity contribution in [1.29, 1.82) is 5.26 Å². The third kappa shape index (κ3) is 6.79. The Morgan fingerprint density at radius 3 is 2.35 bits per heavy atom. The van der Waals surface area contributed by atoms with Crippen LogP contribution in [0, 0.1) is 22.7 Å². The average molecular weight is 231 g/mol. The molecule has 0 spiro atoms. The van der Waals surface area contributed by atoms with E-state index in [0.29, 0.717) is 5.92 Å². The molecule has 0 saturated carbocycles. The van der Waals surface area contributed by atoms with Gasteiger partial charge in [-0.15, -0.1) is 0 Å². The van der Waals surface area contributed by atoms with Crippen LogP contribution in [0.15, 0.2) is 36.0 Å². The highest BCUT2D eigenvalue weighted by Crippen LogP contribution is 2.23. The molecule has 1 nitrogen and oxygen atoms in total. The summed E-state index contributed by atoms with van der Waals surface area (Å²) in [7, 11) is 0. The van der Waals surface area contributed by atoms with Crippen LogP contribution in [0.25, 0.3) is 0 Å². The van der Waals surface area contributed by atoms with Crippen LogP contribution >= 0.6 is 0 Å². The summed E-state index contributed by atoms with van der Waals surface area (Å²) in [5, 5.41) is 8.93. The molecule has 0 aromatic carbocycles. The van der Waals surface area contributed by atoms with Crippen molar-refractivity contribution in [3.63, 3.8) is 0 Å². The van der Waals surface area contributed by atoms with Crippen molar-refractivity contribution in [1.82, 2.24) is 0 Å². The summed E-state index contributed by atoms with van der Waals surface area (Å²) in [6, 6.07) is 2.31. The first-order chi connectivity index (χ1) is 7.82. The lowest BCUT2D eigenvalue weighted by molar-refractivity contribution is 0.453. The summed E-state index contributed by atoms with van der Waals surface area (Å²) in [4.78, 5) is 0. The van der Waals surface area contributed by atoms with E-state index in [1.54, 1.807) is 0 Å². The summed E-state index contributed by atoms with van der Waals surface area (Å²) in [6.45, 7) is 14.4. The number of nitrogens with zero attached hydrogens (tertiary/aromatic N) is 1. The van der Waals surface area contributed by atoms with Crippen molar-refractivity contribution in [3.05, 3.63) is 36.0 Å². The molecule has 0 unspecified atom stereocenters. The molecular weight excluding hydrogens is 206 g/mol. The molecule has 0 aromatic rings. The number of nitriles is 1. The number of hydrogen-bond acceptors (Lipinski definition) is 1. The van der Waals surface area contributed by atoms with E-state index < -0.39 is 0 Å². The Labute approximate surface area is 107 Å². The van der Waals surface area contributed by atoms with Gasteiger partial charge in [0, 0.05) is 0 Å². The number of hydrogen-bond donors (Lipinski definition) is 0. The van der Waals surface area contributed by atoms with Gasteiger partial charge in [0.2, 0.25) is 0 Å². The van der Waals surface area contributed by atoms with Crippen molar-refractivity contribution in [3.8, 4) is 6.07 Å². The second-order valence-corrected chi connectivity index (χ2v) is 5.43. The lowest BCUT2D eigenvalue weighted by atomic mass is 9.88. The van der Waals surface area contributed by atoms with Gasteiger partial charge >= 0.3 is 0 Å². The van der Waals surface area contributed by atoms with Crippen LogP contribution in [0.2, 0.25) is 0 Å². The Kier molecular flexibility index (Phi) is 6.58. The van der Waals surface area contributed by atoms with Crippen LogP contribution in [0.1, 0.15) is 47.5 Å². The fourth-order valence-corrected chi connectivity index (χ4v) is 1.45. The molecule has 17 heavy (non-hydrogen) atoms. The minimum absolute atomic E-state index is 0.252. The molecule has 0 fully saturated rings. The Morgan fingerprint density at radius 2 is 1.94 bits per heavy atom. The van der Waals surface area contributed by atoms with E-state index in [1.807, 2.05) is 13.8 Å². The van der Waals surface area contributed by atoms with E-state index in [9.17, 15) is 0 Å². The van der Waals surface area contributed by atoms with Gasteiger partial charge in [-0.2, -0.15) is 5.26 Å². The molecule has 0 N–H and O–H groups in total. The van der Waals surface area contributed by atoms with Crippen molar-refractivity contribution in [2.45, 2.75) is 47.5 Å². The zero-order valence-electron chi connectivity index (χ0n) is 11.9. The molecule has 0 aromatic heterocycles. The van der Waals surface area contributed by atoms with Crippen LogP contribution in [0.5, 0.6) is 0 Å². The molecule has 0 atom stereocenters. The molecule has 0 aliphatic heterocycles. The molecule has 0 rings (SSSR count). The molecule has 0 heterocycles. The highest BCUT2D eigenvalue weighted by atomic mass is 14.3. The molecule has 0 amide bonds. The average Bonchev–Trinajstić information content (AvgIpc) is 2.27. The van der Waals surface area contributed by atoms with E-state index in [4.69, 9.17) is 5.26 Å². The maximum Gasteiger partial charge on any atom is 0.0684 e. The smallest absolute Gasteiger partial charge is 0.0684 e. The zero-order valence-corrected chi connectivity index (χ0v) is 11.9. The van der Waals surface area contributed by atoms with Gasteiger partial charge in [-0.3, -0.25) is 0 Å². The number of rotatable bonds is 6. The highest BCUT2D eigenvalue weighted by Gasteiger charge is 2.15. The zero-order chi connectivity index (χ0) is 13.5. The van der Waals surface area contributed by atoms with E-state index in [0.717, 1.165) is 18.4 Å². The topological polar surface area (TPSA) is 23.8 Å². The Hall–Kier alpha value is -1.29. The normalized spacial score (nSPS) is 13.1. The standard InChI is InChI=1S/C16H25N/c1-7-15(13(2)3)9-8-14(4)10-11-16(5,6)12-17/h7-9,13H,4,10-11H2,1-3,5-6H3/b9-8-,15-7+. The summed E-state index contributed by atoms with van der Waals surface area (Å²) in [5.41, 5.74) is 2.16. The van der Waals surface area contributed by atoms with Crippen LogP contribution in [-0.2, 0) is 0 Å². The summed E-state index contributed by atoms with van der Waals surface area (Å²) in [6.07, 6.45) is 8.08. The second kappa shape index (κ2) is 7.12. The van der Waals surface area contributed by atoms with Gasteiger partial charge in [-0.1, -0.05) is 44.2 Å². The summed E-state index contributed by atoms with van der Waals surface area (Å²) >= 11 is 0. The monoisotopic (exact) mass is 231 g/mol. The van der Waals surface area contributed by atoms with Gasteiger partial charge in [-0.25, -0.2) is 0 Å². The Balaban J connectivity index is 4.30. The highest BCUT2D eigenvalue weighted by molar-refractivity contribution is 5.27. The minimum Gasteiger partial charge on any atom is -0.198 e. The lowest BCUT2D eigenvalue weighted by Crippen LogP contribution is -2.07. The lowest BCUT2D eigenvalue weighted by Gasteiger charge is -2.14. The van der Waals surface area contributed by atoms with Gasteiger partial charge in [0.15, 0.2) is 0 Å². The third-order valence-corrected chi connectivity index (χ3v) is 2.89. The molecule has 1 heteroatoms. The molecule has 0 aliphatic carbocycles. The first-order valence-corrected chi connectivity index (χ1v) is 6.25.